The summed E-state index contributed by atoms with van der Waals surface area (Å²) >= 11 is 0. The molecule has 1 aliphatic heterocycles. The molecule has 36 heavy (non-hydrogen) atoms. The van der Waals surface area contributed by atoms with Gasteiger partial charge in [0, 0.05) is 24.5 Å². The van der Waals surface area contributed by atoms with E-state index >= 15 is 0 Å². The third-order valence-corrected chi connectivity index (χ3v) is 5.55. The number of hydrogen-bond acceptors (Lipinski definition) is 4. The molecule has 0 aliphatic carbocycles. The number of carbonyl (C=O) groups excluding carboxylic acids is 2. The van der Waals surface area contributed by atoms with Gasteiger partial charge < -0.3 is 15.2 Å². The Labute approximate surface area is 205 Å². The molecule has 0 bridgehead atoms. The summed E-state index contributed by atoms with van der Waals surface area (Å²) in [6.07, 6.45) is 3.35. The van der Waals surface area contributed by atoms with Crippen molar-refractivity contribution in [2.45, 2.75) is 0 Å². The molecule has 5 rings (SSSR count). The molecule has 1 fully saturated rings. The predicted molar refractivity (Wildman–Crippen MR) is 131 cm³/mol. The van der Waals surface area contributed by atoms with E-state index in [0.717, 1.165) is 10.6 Å². The van der Waals surface area contributed by atoms with Crippen molar-refractivity contribution in [3.8, 4) is 22.9 Å². The van der Waals surface area contributed by atoms with Crippen LogP contribution in [0.4, 0.5) is 10.5 Å². The first kappa shape index (κ1) is 22.7. The number of ether oxygens (including phenoxy) is 1. The van der Waals surface area contributed by atoms with E-state index < -0.39 is 11.9 Å². The summed E-state index contributed by atoms with van der Waals surface area (Å²) in [5.41, 5.74) is 1.60. The third kappa shape index (κ3) is 4.73. The molecule has 0 atom stereocenters. The number of rotatable bonds is 7. The fourth-order valence-electron chi connectivity index (χ4n) is 3.75. The number of benzene rings is 3. The van der Waals surface area contributed by atoms with Crippen LogP contribution in [0.15, 0.2) is 96.1 Å². The third-order valence-electron chi connectivity index (χ3n) is 5.55. The van der Waals surface area contributed by atoms with Crippen LogP contribution < -0.4 is 20.7 Å². The van der Waals surface area contributed by atoms with Crippen molar-refractivity contribution in [1.82, 2.24) is 19.4 Å². The highest BCUT2D eigenvalue weighted by Crippen LogP contribution is 2.22. The molecular formula is C26H22N5O5+. The van der Waals surface area contributed by atoms with Gasteiger partial charge >= 0.3 is 17.6 Å². The SMILES string of the molecule is O=C1CNC(=O)N1CC(O)=[NH+]c1ccc(-n2ccn(-c3ccc(Oc4ccccc4)cc3)c2=O)cc1. The first-order chi connectivity index (χ1) is 17.5. The number of imide groups is 1. The smallest absolute Gasteiger partial charge is 0.358 e. The summed E-state index contributed by atoms with van der Waals surface area (Å²) < 4.78 is 8.82. The zero-order valence-electron chi connectivity index (χ0n) is 19.0. The maximum Gasteiger partial charge on any atom is 0.358 e. The Bertz CT molecular complexity index is 1470. The van der Waals surface area contributed by atoms with E-state index in [1.165, 1.54) is 9.13 Å². The van der Waals surface area contributed by atoms with Crippen molar-refractivity contribution in [1.29, 1.82) is 0 Å². The second-order valence-corrected chi connectivity index (χ2v) is 7.99. The minimum Gasteiger partial charge on any atom is -0.462 e. The zero-order chi connectivity index (χ0) is 25.1. The Morgan fingerprint density at radius 1 is 0.833 bits per heavy atom. The number of imidazole rings is 1. The molecule has 1 aromatic heterocycles. The number of aliphatic hydroxyl groups excluding tert-OH is 1. The van der Waals surface area contributed by atoms with E-state index in [2.05, 4.69) is 10.3 Å². The van der Waals surface area contributed by atoms with Crippen LogP contribution in [0.25, 0.3) is 11.4 Å². The lowest BCUT2D eigenvalue weighted by atomic mass is 10.3. The fraction of sp³-hybridized carbons (Fsp3) is 0.0769. The molecule has 4 aromatic rings. The van der Waals surface area contributed by atoms with Gasteiger partial charge in [-0.3, -0.25) is 13.9 Å². The summed E-state index contributed by atoms with van der Waals surface area (Å²) in [7, 11) is 0. The summed E-state index contributed by atoms with van der Waals surface area (Å²) in [6, 6.07) is 22.9. The van der Waals surface area contributed by atoms with Crippen LogP contribution in [0.5, 0.6) is 11.5 Å². The summed E-state index contributed by atoms with van der Waals surface area (Å²) in [6.45, 7) is -0.343. The van der Waals surface area contributed by atoms with Crippen LogP contribution >= 0.6 is 0 Å². The van der Waals surface area contributed by atoms with Gasteiger partial charge in [-0.05, 0) is 48.5 Å². The Hall–Kier alpha value is -5.12. The van der Waals surface area contributed by atoms with E-state index in [0.29, 0.717) is 22.8 Å². The standard InChI is InChI=1S/C26H21N5O5/c32-23(17-31-24(33)16-27-25(31)34)28-18-6-8-19(9-7-18)29-14-15-30(26(29)35)20-10-12-22(13-11-20)36-21-4-2-1-3-5-21/h1-15H,16-17H2,(H,27,34)(H,28,32)/p+1. The Kier molecular flexibility index (Phi) is 6.06. The number of aliphatic hydroxyl groups is 1. The van der Waals surface area contributed by atoms with E-state index in [4.69, 9.17) is 4.74 Å². The molecule has 0 unspecified atom stereocenters. The summed E-state index contributed by atoms with van der Waals surface area (Å²) in [5.74, 6) is 0.727. The number of amides is 3. The normalized spacial score (nSPS) is 13.7. The van der Waals surface area contributed by atoms with Gasteiger partial charge in [-0.25, -0.2) is 14.5 Å². The molecule has 3 N–H and O–H groups in total. The monoisotopic (exact) mass is 484 g/mol. The topological polar surface area (TPSA) is 120 Å². The lowest BCUT2D eigenvalue weighted by molar-refractivity contribution is -0.367. The maximum atomic E-state index is 13.0. The van der Waals surface area contributed by atoms with E-state index in [1.54, 1.807) is 60.9 Å². The highest BCUT2D eigenvalue weighted by molar-refractivity contribution is 6.03. The first-order valence-electron chi connectivity index (χ1n) is 11.1. The Morgan fingerprint density at radius 2 is 1.42 bits per heavy atom. The van der Waals surface area contributed by atoms with Crippen molar-refractivity contribution in [2.24, 2.45) is 0 Å². The zero-order valence-corrected chi connectivity index (χ0v) is 19.0. The van der Waals surface area contributed by atoms with Crippen LogP contribution in [0.1, 0.15) is 0 Å². The van der Waals surface area contributed by atoms with Crippen LogP contribution in [-0.4, -0.2) is 50.1 Å². The van der Waals surface area contributed by atoms with Crippen LogP contribution in [0, 0.1) is 0 Å². The van der Waals surface area contributed by atoms with E-state index in [1.807, 2.05) is 30.3 Å². The van der Waals surface area contributed by atoms with Gasteiger partial charge in [0.2, 0.25) is 5.69 Å². The summed E-state index contributed by atoms with van der Waals surface area (Å²) in [4.78, 5) is 39.9. The Balaban J connectivity index is 1.29. The number of para-hydroxylation sites is 1. The molecule has 10 heteroatoms. The number of nitrogens with one attached hydrogen (secondary N) is 2. The molecule has 0 spiro atoms. The van der Waals surface area contributed by atoms with Crippen molar-refractivity contribution >= 4 is 23.5 Å². The molecule has 0 radical (unpaired) electrons. The lowest BCUT2D eigenvalue weighted by Gasteiger charge is -2.07. The predicted octanol–water partition coefficient (Wildman–Crippen LogP) is 1.64. The highest BCUT2D eigenvalue weighted by atomic mass is 16.5. The molecule has 3 amide bonds. The average Bonchev–Trinajstić information content (AvgIpc) is 3.42. The lowest BCUT2D eigenvalue weighted by Crippen LogP contribution is -2.68. The van der Waals surface area contributed by atoms with Crippen molar-refractivity contribution < 1.29 is 24.4 Å². The number of nitrogens with zero attached hydrogens (tertiary/aromatic N) is 3. The number of carbonyl (C=O) groups is 2. The second kappa shape index (κ2) is 9.63. The Morgan fingerprint density at radius 3 is 2.00 bits per heavy atom. The fourth-order valence-corrected chi connectivity index (χ4v) is 3.75. The molecule has 180 valence electrons. The van der Waals surface area contributed by atoms with Crippen LogP contribution in [-0.2, 0) is 4.79 Å². The number of urea groups is 1. The van der Waals surface area contributed by atoms with Crippen molar-refractivity contribution in [3.05, 3.63) is 102 Å². The molecular weight excluding hydrogens is 462 g/mol. The first-order valence-corrected chi connectivity index (χ1v) is 11.1. The largest absolute Gasteiger partial charge is 0.462 e. The number of hydrogen-bond donors (Lipinski definition) is 3. The number of aromatic nitrogens is 2. The van der Waals surface area contributed by atoms with Gasteiger partial charge in [0.25, 0.3) is 5.91 Å². The molecule has 3 aromatic carbocycles. The van der Waals surface area contributed by atoms with Gasteiger partial charge in [-0.15, -0.1) is 0 Å². The van der Waals surface area contributed by atoms with E-state index in [9.17, 15) is 19.5 Å². The summed E-state index contributed by atoms with van der Waals surface area (Å²) in [5, 5.41) is 12.5. The van der Waals surface area contributed by atoms with Crippen molar-refractivity contribution in [2.75, 3.05) is 13.1 Å². The van der Waals surface area contributed by atoms with Gasteiger partial charge in [-0.2, -0.15) is 4.99 Å². The highest BCUT2D eigenvalue weighted by Gasteiger charge is 2.31. The van der Waals surface area contributed by atoms with Gasteiger partial charge in [0.05, 0.1) is 17.9 Å². The maximum absolute atomic E-state index is 13.0. The molecule has 2 heterocycles. The average molecular weight is 484 g/mol. The quantitative estimate of drug-likeness (QED) is 0.209. The molecule has 0 saturated carbocycles. The van der Waals surface area contributed by atoms with Crippen LogP contribution in [0.2, 0.25) is 0 Å². The van der Waals surface area contributed by atoms with Crippen LogP contribution in [0.3, 0.4) is 0 Å². The minimum atomic E-state index is -0.550. The van der Waals surface area contributed by atoms with Gasteiger partial charge in [-0.1, -0.05) is 18.2 Å². The van der Waals surface area contributed by atoms with Gasteiger partial charge in [0.1, 0.15) is 11.5 Å². The molecule has 10 nitrogen and oxygen atoms in total. The van der Waals surface area contributed by atoms with E-state index in [-0.39, 0.29) is 24.7 Å². The molecule has 1 saturated heterocycles. The molecule has 1 aliphatic rings. The second-order valence-electron chi connectivity index (χ2n) is 7.99. The minimum absolute atomic E-state index is 0.0825. The van der Waals surface area contributed by atoms with Gasteiger partial charge in [0.15, 0.2) is 6.54 Å². The van der Waals surface area contributed by atoms with Crippen molar-refractivity contribution in [3.63, 3.8) is 0 Å².